The fourth-order valence-electron chi connectivity index (χ4n) is 3.31. The van der Waals surface area contributed by atoms with Crippen LogP contribution in [0.4, 0.5) is 10.5 Å². The molecule has 0 aliphatic carbocycles. The zero-order chi connectivity index (χ0) is 21.1. The largest absolute Gasteiger partial charge is 0.415 e. The van der Waals surface area contributed by atoms with Crippen molar-refractivity contribution in [3.05, 3.63) is 100 Å². The van der Waals surface area contributed by atoms with Gasteiger partial charge in [-0.05, 0) is 29.8 Å². The van der Waals surface area contributed by atoms with E-state index in [4.69, 9.17) is 26.3 Å². The molecule has 1 aliphatic rings. The number of hydrogen-bond acceptors (Lipinski definition) is 5. The number of nitrogens with zero attached hydrogens (tertiary/aromatic N) is 1. The van der Waals surface area contributed by atoms with Gasteiger partial charge in [0.15, 0.2) is 0 Å². The monoisotopic (exact) mass is 418 g/mol. The maximum atomic E-state index is 12.7. The topological polar surface area (TPSA) is 88.4 Å². The maximum Gasteiger partial charge on any atom is 0.415 e. The van der Waals surface area contributed by atoms with Crippen molar-refractivity contribution >= 4 is 29.4 Å². The summed E-state index contributed by atoms with van der Waals surface area (Å²) >= 11 is 6.02. The highest BCUT2D eigenvalue weighted by Gasteiger charge is 2.45. The Hall–Kier alpha value is -3.82. The maximum absolute atomic E-state index is 12.7. The molecule has 1 unspecified atom stereocenters. The van der Waals surface area contributed by atoms with Crippen LogP contribution in [0.25, 0.3) is 0 Å². The summed E-state index contributed by atoms with van der Waals surface area (Å²) in [5, 5.41) is 11.7. The number of benzene rings is 3. The van der Waals surface area contributed by atoms with Crippen LogP contribution in [0, 0.1) is 11.3 Å². The van der Waals surface area contributed by atoms with Gasteiger partial charge in [-0.2, -0.15) is 5.26 Å². The number of nitriles is 1. The summed E-state index contributed by atoms with van der Waals surface area (Å²) in [5.74, 6) is -2.19. The molecule has 1 N–H and O–H groups in total. The van der Waals surface area contributed by atoms with E-state index in [0.29, 0.717) is 22.4 Å². The minimum absolute atomic E-state index is 0.167. The number of amides is 1. The van der Waals surface area contributed by atoms with Crippen molar-refractivity contribution < 1.29 is 19.1 Å². The lowest BCUT2D eigenvalue weighted by Crippen LogP contribution is -2.44. The number of fused-ring (bicyclic) bond motifs is 1. The number of nitrogens with one attached hydrogen (secondary N) is 1. The molecule has 0 radical (unpaired) electrons. The standard InChI is InChI=1S/C23H15ClN2O4/c24-20-12-18(11-10-16(20)14-25)26-22(28)30-23(17-7-2-1-3-8-17)13-15-6-4-5-9-19(15)21(27)29-23/h1-12H,13H2,(H,26,28). The lowest BCUT2D eigenvalue weighted by Gasteiger charge is -2.36. The highest BCUT2D eigenvalue weighted by atomic mass is 35.5. The minimum Gasteiger partial charge on any atom is -0.414 e. The molecule has 0 aromatic heterocycles. The summed E-state index contributed by atoms with van der Waals surface area (Å²) in [5.41, 5.74) is 2.31. The third-order valence-corrected chi connectivity index (χ3v) is 5.04. The zero-order valence-electron chi connectivity index (χ0n) is 15.6. The molecule has 0 fully saturated rings. The van der Waals surface area contributed by atoms with Crippen molar-refractivity contribution in [1.29, 1.82) is 5.26 Å². The minimum atomic E-state index is -1.62. The molecule has 1 atom stereocenters. The highest BCUT2D eigenvalue weighted by Crippen LogP contribution is 2.38. The molecular weight excluding hydrogens is 404 g/mol. The van der Waals surface area contributed by atoms with Crippen LogP contribution in [-0.4, -0.2) is 12.1 Å². The molecule has 0 saturated carbocycles. The fraction of sp³-hybridized carbons (Fsp3) is 0.0870. The van der Waals surface area contributed by atoms with E-state index in [9.17, 15) is 9.59 Å². The Morgan fingerprint density at radius 1 is 1.10 bits per heavy atom. The molecule has 148 valence electrons. The second-order valence-corrected chi connectivity index (χ2v) is 7.07. The van der Waals surface area contributed by atoms with Crippen LogP contribution in [0.15, 0.2) is 72.8 Å². The normalized spacial score (nSPS) is 17.3. The van der Waals surface area contributed by atoms with Crippen molar-refractivity contribution in [2.45, 2.75) is 12.2 Å². The van der Waals surface area contributed by atoms with E-state index < -0.39 is 17.8 Å². The molecule has 1 aliphatic heterocycles. The smallest absolute Gasteiger partial charge is 0.414 e. The summed E-state index contributed by atoms with van der Waals surface area (Å²) in [6, 6.07) is 22.3. The van der Waals surface area contributed by atoms with Gasteiger partial charge >= 0.3 is 12.1 Å². The number of halogens is 1. The summed E-state index contributed by atoms with van der Waals surface area (Å²) < 4.78 is 11.4. The summed E-state index contributed by atoms with van der Waals surface area (Å²) in [6.45, 7) is 0. The van der Waals surface area contributed by atoms with Crippen LogP contribution in [0.5, 0.6) is 0 Å². The highest BCUT2D eigenvalue weighted by molar-refractivity contribution is 6.32. The average molecular weight is 419 g/mol. The van der Waals surface area contributed by atoms with E-state index in [-0.39, 0.29) is 17.0 Å². The van der Waals surface area contributed by atoms with Crippen molar-refractivity contribution in [3.8, 4) is 6.07 Å². The van der Waals surface area contributed by atoms with E-state index in [0.717, 1.165) is 0 Å². The van der Waals surface area contributed by atoms with Crippen molar-refractivity contribution in [2.75, 3.05) is 5.32 Å². The number of cyclic esters (lactones) is 1. The van der Waals surface area contributed by atoms with E-state index in [2.05, 4.69) is 5.32 Å². The van der Waals surface area contributed by atoms with Gasteiger partial charge < -0.3 is 9.47 Å². The van der Waals surface area contributed by atoms with E-state index in [1.807, 2.05) is 18.2 Å². The Labute approximate surface area is 177 Å². The van der Waals surface area contributed by atoms with Crippen LogP contribution in [0.3, 0.4) is 0 Å². The van der Waals surface area contributed by atoms with Gasteiger partial charge in [-0.3, -0.25) is 5.32 Å². The number of rotatable bonds is 3. The fourth-order valence-corrected chi connectivity index (χ4v) is 3.53. The first kappa shape index (κ1) is 19.5. The number of esters is 1. The molecule has 3 aromatic rings. The Morgan fingerprint density at radius 2 is 1.83 bits per heavy atom. The van der Waals surface area contributed by atoms with Gasteiger partial charge in [0.2, 0.25) is 0 Å². The van der Waals surface area contributed by atoms with Crippen molar-refractivity contribution in [3.63, 3.8) is 0 Å². The van der Waals surface area contributed by atoms with Crippen LogP contribution in [-0.2, 0) is 21.7 Å². The van der Waals surface area contributed by atoms with Crippen LogP contribution >= 0.6 is 11.6 Å². The van der Waals surface area contributed by atoms with Crippen molar-refractivity contribution in [2.24, 2.45) is 0 Å². The van der Waals surface area contributed by atoms with E-state index in [1.165, 1.54) is 18.2 Å². The number of ether oxygens (including phenoxy) is 2. The molecule has 1 heterocycles. The molecule has 3 aromatic carbocycles. The number of carbonyl (C=O) groups is 2. The molecular formula is C23H15ClN2O4. The molecule has 7 heteroatoms. The van der Waals surface area contributed by atoms with Gasteiger partial charge in [0, 0.05) is 11.3 Å². The first-order chi connectivity index (χ1) is 14.5. The summed E-state index contributed by atoms with van der Waals surface area (Å²) in [4.78, 5) is 25.4. The Bertz CT molecular complexity index is 1170. The predicted octanol–water partition coefficient (Wildman–Crippen LogP) is 5.03. The average Bonchev–Trinajstić information content (AvgIpc) is 2.74. The molecule has 1 amide bonds. The van der Waals surface area contributed by atoms with E-state index in [1.54, 1.807) is 42.5 Å². The quantitative estimate of drug-likeness (QED) is 0.603. The van der Waals surface area contributed by atoms with Crippen LogP contribution in [0.1, 0.15) is 27.0 Å². The number of carbonyl (C=O) groups excluding carboxylic acids is 2. The Kier molecular flexibility index (Phi) is 5.13. The SMILES string of the molecule is N#Cc1ccc(NC(=O)OC2(c3ccccc3)Cc3ccccc3C(=O)O2)cc1Cl. The molecule has 0 bridgehead atoms. The first-order valence-corrected chi connectivity index (χ1v) is 9.45. The molecule has 4 rings (SSSR count). The van der Waals surface area contributed by atoms with Gasteiger partial charge in [-0.25, -0.2) is 9.59 Å². The van der Waals surface area contributed by atoms with E-state index >= 15 is 0 Å². The van der Waals surface area contributed by atoms with Crippen LogP contribution in [0.2, 0.25) is 5.02 Å². The van der Waals surface area contributed by atoms with Gasteiger partial charge in [0.1, 0.15) is 6.07 Å². The Balaban J connectivity index is 1.65. The lowest BCUT2D eigenvalue weighted by atomic mass is 9.91. The third kappa shape index (κ3) is 3.71. The first-order valence-electron chi connectivity index (χ1n) is 9.07. The molecule has 30 heavy (non-hydrogen) atoms. The van der Waals surface area contributed by atoms with Gasteiger partial charge in [0.05, 0.1) is 22.6 Å². The second-order valence-electron chi connectivity index (χ2n) is 6.66. The lowest BCUT2D eigenvalue weighted by molar-refractivity contribution is -0.174. The van der Waals surface area contributed by atoms with Crippen LogP contribution < -0.4 is 5.32 Å². The number of anilines is 1. The molecule has 6 nitrogen and oxygen atoms in total. The summed E-state index contributed by atoms with van der Waals surface area (Å²) in [7, 11) is 0. The van der Waals surface area contributed by atoms with Gasteiger partial charge in [-0.1, -0.05) is 60.1 Å². The Morgan fingerprint density at radius 3 is 2.57 bits per heavy atom. The summed E-state index contributed by atoms with van der Waals surface area (Å²) in [6.07, 6.45) is -0.660. The van der Waals surface area contributed by atoms with Crippen molar-refractivity contribution in [1.82, 2.24) is 0 Å². The van der Waals surface area contributed by atoms with Gasteiger partial charge in [-0.15, -0.1) is 0 Å². The zero-order valence-corrected chi connectivity index (χ0v) is 16.3. The molecule has 0 saturated heterocycles. The van der Waals surface area contributed by atoms with Gasteiger partial charge in [0.25, 0.3) is 5.79 Å². The predicted molar refractivity (Wildman–Crippen MR) is 110 cm³/mol. The third-order valence-electron chi connectivity index (χ3n) is 4.73. The molecule has 0 spiro atoms. The number of hydrogen-bond donors (Lipinski definition) is 1. The second kappa shape index (κ2) is 7.90.